The Morgan fingerprint density at radius 2 is 1.90 bits per heavy atom. The van der Waals surface area contributed by atoms with Crippen LogP contribution in [0, 0.1) is 6.92 Å². The first kappa shape index (κ1) is 13.5. The second kappa shape index (κ2) is 6.33. The summed E-state index contributed by atoms with van der Waals surface area (Å²) in [6.45, 7) is 2.07. The van der Waals surface area contributed by atoms with Crippen molar-refractivity contribution >= 4 is 35.1 Å². The Kier molecular flexibility index (Phi) is 4.07. The zero-order valence-electron chi connectivity index (χ0n) is 11.7. The van der Waals surface area contributed by atoms with Crippen molar-refractivity contribution in [3.05, 3.63) is 70.2 Å². The summed E-state index contributed by atoms with van der Waals surface area (Å²) in [5, 5.41) is 5.27. The number of rotatable bonds is 4. The van der Waals surface area contributed by atoms with Gasteiger partial charge in [0, 0.05) is 16.8 Å². The molecule has 2 aromatic heterocycles. The van der Waals surface area contributed by atoms with Crippen molar-refractivity contribution in [2.75, 3.05) is 5.32 Å². The van der Waals surface area contributed by atoms with Crippen LogP contribution in [0.2, 0.25) is 0 Å². The maximum atomic E-state index is 4.49. The van der Waals surface area contributed by atoms with E-state index in [2.05, 4.69) is 51.9 Å². The predicted octanol–water partition coefficient (Wildman–Crippen LogP) is 4.76. The molecule has 4 heteroatoms. The third kappa shape index (κ3) is 3.77. The average Bonchev–Trinajstić information content (AvgIpc) is 3.01. The van der Waals surface area contributed by atoms with Gasteiger partial charge in [0.15, 0.2) is 0 Å². The van der Waals surface area contributed by atoms with Crippen LogP contribution < -0.4 is 5.32 Å². The topological polar surface area (TPSA) is 37.8 Å². The van der Waals surface area contributed by atoms with Crippen LogP contribution in [-0.2, 0) is 0 Å². The molecule has 0 unspecified atom stereocenters. The molecule has 0 atom stereocenters. The van der Waals surface area contributed by atoms with E-state index in [-0.39, 0.29) is 0 Å². The van der Waals surface area contributed by atoms with Crippen molar-refractivity contribution in [1.29, 1.82) is 0 Å². The molecule has 1 aromatic carbocycles. The van der Waals surface area contributed by atoms with Gasteiger partial charge in [-0.1, -0.05) is 23.8 Å². The van der Waals surface area contributed by atoms with Crippen molar-refractivity contribution in [3.8, 4) is 0 Å². The zero-order valence-corrected chi connectivity index (χ0v) is 12.5. The Balaban J connectivity index is 1.75. The van der Waals surface area contributed by atoms with Gasteiger partial charge in [-0.3, -0.25) is 0 Å². The SMILES string of the molecule is Cc1ccc(Nc2nccc(/C=C/c3cccs3)n2)cc1. The fourth-order valence-corrected chi connectivity index (χ4v) is 2.46. The van der Waals surface area contributed by atoms with Crippen LogP contribution >= 0.6 is 11.3 Å². The fraction of sp³-hybridized carbons (Fsp3) is 0.0588. The first-order valence-corrected chi connectivity index (χ1v) is 7.56. The van der Waals surface area contributed by atoms with E-state index in [4.69, 9.17) is 0 Å². The smallest absolute Gasteiger partial charge is 0.227 e. The van der Waals surface area contributed by atoms with Gasteiger partial charge in [-0.25, -0.2) is 9.97 Å². The van der Waals surface area contributed by atoms with Gasteiger partial charge in [-0.15, -0.1) is 11.3 Å². The third-order valence-corrected chi connectivity index (χ3v) is 3.78. The van der Waals surface area contributed by atoms with Gasteiger partial charge in [-0.05, 0) is 48.7 Å². The van der Waals surface area contributed by atoms with E-state index in [1.54, 1.807) is 17.5 Å². The molecule has 0 aliphatic rings. The molecule has 3 aromatic rings. The standard InChI is InChI=1S/C17H15N3S/c1-13-4-6-14(7-5-13)19-17-18-11-10-15(20-17)8-9-16-3-2-12-21-16/h2-12H,1H3,(H,18,19,20)/b9-8+. The number of anilines is 2. The Bertz CT molecular complexity index is 731. The van der Waals surface area contributed by atoms with Crippen LogP contribution in [0.3, 0.4) is 0 Å². The van der Waals surface area contributed by atoms with Crippen LogP contribution in [0.25, 0.3) is 12.2 Å². The fourth-order valence-electron chi connectivity index (χ4n) is 1.85. The molecule has 3 rings (SSSR count). The maximum Gasteiger partial charge on any atom is 0.227 e. The molecule has 0 aliphatic carbocycles. The van der Waals surface area contributed by atoms with Gasteiger partial charge in [-0.2, -0.15) is 0 Å². The number of hydrogen-bond donors (Lipinski definition) is 1. The molecule has 0 aliphatic heterocycles. The lowest BCUT2D eigenvalue weighted by Gasteiger charge is -2.05. The van der Waals surface area contributed by atoms with Crippen molar-refractivity contribution in [1.82, 2.24) is 9.97 Å². The molecule has 2 heterocycles. The minimum Gasteiger partial charge on any atom is -0.324 e. The number of nitrogens with zero attached hydrogens (tertiary/aromatic N) is 2. The van der Waals surface area contributed by atoms with Crippen molar-refractivity contribution in [2.45, 2.75) is 6.92 Å². The molecule has 0 saturated heterocycles. The first-order valence-electron chi connectivity index (χ1n) is 6.68. The zero-order chi connectivity index (χ0) is 14.5. The Morgan fingerprint density at radius 3 is 2.67 bits per heavy atom. The van der Waals surface area contributed by atoms with E-state index in [1.807, 2.05) is 30.3 Å². The minimum atomic E-state index is 0.604. The largest absolute Gasteiger partial charge is 0.324 e. The second-order valence-electron chi connectivity index (χ2n) is 4.64. The van der Waals surface area contributed by atoms with Gasteiger partial charge in [0.2, 0.25) is 5.95 Å². The summed E-state index contributed by atoms with van der Waals surface area (Å²) in [5.41, 5.74) is 3.10. The Labute approximate surface area is 128 Å². The molecule has 21 heavy (non-hydrogen) atoms. The lowest BCUT2D eigenvalue weighted by Crippen LogP contribution is -1.97. The maximum absolute atomic E-state index is 4.49. The second-order valence-corrected chi connectivity index (χ2v) is 5.62. The molecule has 0 amide bonds. The summed E-state index contributed by atoms with van der Waals surface area (Å²) in [6, 6.07) is 14.2. The van der Waals surface area contributed by atoms with Crippen LogP contribution in [0.1, 0.15) is 16.1 Å². The Hall–Kier alpha value is -2.46. The van der Waals surface area contributed by atoms with Gasteiger partial charge in [0.25, 0.3) is 0 Å². The molecular formula is C17H15N3S. The van der Waals surface area contributed by atoms with E-state index < -0.39 is 0 Å². The van der Waals surface area contributed by atoms with Crippen LogP contribution in [0.15, 0.2) is 54.0 Å². The van der Waals surface area contributed by atoms with Crippen molar-refractivity contribution in [3.63, 3.8) is 0 Å². The molecule has 0 fully saturated rings. The summed E-state index contributed by atoms with van der Waals surface area (Å²) < 4.78 is 0. The van der Waals surface area contributed by atoms with Crippen LogP contribution in [-0.4, -0.2) is 9.97 Å². The van der Waals surface area contributed by atoms with Gasteiger partial charge in [0.05, 0.1) is 5.69 Å². The first-order chi connectivity index (χ1) is 10.3. The summed E-state index contributed by atoms with van der Waals surface area (Å²) in [6.07, 6.45) is 5.81. The normalized spacial score (nSPS) is 10.9. The van der Waals surface area contributed by atoms with E-state index in [9.17, 15) is 0 Å². The van der Waals surface area contributed by atoms with Gasteiger partial charge < -0.3 is 5.32 Å². The molecule has 0 radical (unpaired) electrons. The number of hydrogen-bond acceptors (Lipinski definition) is 4. The minimum absolute atomic E-state index is 0.604. The molecule has 0 saturated carbocycles. The highest BCUT2D eigenvalue weighted by molar-refractivity contribution is 7.10. The molecule has 3 nitrogen and oxygen atoms in total. The highest BCUT2D eigenvalue weighted by Crippen LogP contribution is 2.15. The number of benzene rings is 1. The average molecular weight is 293 g/mol. The van der Waals surface area contributed by atoms with E-state index in [1.165, 1.54) is 10.4 Å². The molecular weight excluding hydrogens is 278 g/mol. The summed E-state index contributed by atoms with van der Waals surface area (Å²) in [4.78, 5) is 9.94. The van der Waals surface area contributed by atoms with Gasteiger partial charge in [0.1, 0.15) is 0 Å². The van der Waals surface area contributed by atoms with E-state index >= 15 is 0 Å². The van der Waals surface area contributed by atoms with Crippen molar-refractivity contribution < 1.29 is 0 Å². The predicted molar refractivity (Wildman–Crippen MR) is 89.7 cm³/mol. The quantitative estimate of drug-likeness (QED) is 0.753. The third-order valence-electron chi connectivity index (χ3n) is 2.95. The lowest BCUT2D eigenvalue weighted by molar-refractivity contribution is 1.15. The monoisotopic (exact) mass is 293 g/mol. The highest BCUT2D eigenvalue weighted by atomic mass is 32.1. The van der Waals surface area contributed by atoms with E-state index in [0.717, 1.165) is 11.4 Å². The van der Waals surface area contributed by atoms with Crippen LogP contribution in [0.5, 0.6) is 0 Å². The number of aryl methyl sites for hydroxylation is 1. The number of aromatic nitrogens is 2. The lowest BCUT2D eigenvalue weighted by atomic mass is 10.2. The van der Waals surface area contributed by atoms with Crippen LogP contribution in [0.4, 0.5) is 11.6 Å². The Morgan fingerprint density at radius 1 is 1.05 bits per heavy atom. The number of nitrogens with one attached hydrogen (secondary N) is 1. The summed E-state index contributed by atoms with van der Waals surface area (Å²) in [5.74, 6) is 0.604. The van der Waals surface area contributed by atoms with E-state index in [0.29, 0.717) is 5.95 Å². The van der Waals surface area contributed by atoms with Crippen molar-refractivity contribution in [2.24, 2.45) is 0 Å². The highest BCUT2D eigenvalue weighted by Gasteiger charge is 1.98. The molecule has 1 N–H and O–H groups in total. The summed E-state index contributed by atoms with van der Waals surface area (Å²) >= 11 is 1.70. The molecule has 0 spiro atoms. The number of thiophene rings is 1. The summed E-state index contributed by atoms with van der Waals surface area (Å²) in [7, 11) is 0. The molecule has 104 valence electrons. The molecule has 0 bridgehead atoms. The van der Waals surface area contributed by atoms with Gasteiger partial charge >= 0.3 is 0 Å².